The summed E-state index contributed by atoms with van der Waals surface area (Å²) in [5.74, 6) is -0.207. The van der Waals surface area contributed by atoms with Crippen LogP contribution in [0, 0.1) is 0 Å². The molecule has 3 aromatic heterocycles. The number of halogens is 4. The summed E-state index contributed by atoms with van der Waals surface area (Å²) < 4.78 is 7.48. The number of benzene rings is 2. The van der Waals surface area contributed by atoms with Crippen LogP contribution in [0.5, 0.6) is 0 Å². The van der Waals surface area contributed by atoms with Gasteiger partial charge in [0, 0.05) is 26.7 Å². The number of fused-ring (bicyclic) bond motifs is 1. The molecule has 0 atom stereocenters. The van der Waals surface area contributed by atoms with E-state index in [1.807, 2.05) is 6.07 Å². The van der Waals surface area contributed by atoms with Gasteiger partial charge in [0.2, 0.25) is 11.7 Å². The van der Waals surface area contributed by atoms with Gasteiger partial charge in [0.15, 0.2) is 5.76 Å². The third-order valence-corrected chi connectivity index (χ3v) is 6.28. The second kappa shape index (κ2) is 8.80. The van der Waals surface area contributed by atoms with Crippen LogP contribution < -0.4 is 0 Å². The molecule has 5 aromatic rings. The number of carbonyl (C=O) groups excluding carboxylic acids is 1. The van der Waals surface area contributed by atoms with Crippen molar-refractivity contribution in [1.82, 2.24) is 19.5 Å². The lowest BCUT2D eigenvalue weighted by Gasteiger charge is -2.09. The highest BCUT2D eigenvalue weighted by atomic mass is 35.5. The molecule has 0 fully saturated rings. The van der Waals surface area contributed by atoms with Crippen molar-refractivity contribution in [2.45, 2.75) is 6.54 Å². The van der Waals surface area contributed by atoms with Gasteiger partial charge in [-0.3, -0.25) is 4.79 Å². The van der Waals surface area contributed by atoms with E-state index in [-0.39, 0.29) is 22.4 Å². The summed E-state index contributed by atoms with van der Waals surface area (Å²) in [6.45, 7) is 0.322. The molecular formula is C23H12Cl4N4O2. The zero-order valence-electron chi connectivity index (χ0n) is 16.6. The molecule has 3 heterocycles. The largest absolute Gasteiger partial charge is 0.431 e. The molecule has 0 saturated carbocycles. The van der Waals surface area contributed by atoms with Gasteiger partial charge in [0.05, 0.1) is 23.8 Å². The van der Waals surface area contributed by atoms with Crippen LogP contribution in [0.2, 0.25) is 20.2 Å². The fraction of sp³-hybridized carbons (Fsp3) is 0.0435. The Balaban J connectivity index is 1.61. The molecule has 0 amide bonds. The van der Waals surface area contributed by atoms with Crippen molar-refractivity contribution >= 4 is 63.1 Å². The normalized spacial score (nSPS) is 11.3. The Morgan fingerprint density at radius 3 is 2.52 bits per heavy atom. The minimum absolute atomic E-state index is 0.0223. The second-order valence-electron chi connectivity index (χ2n) is 7.10. The Bertz CT molecular complexity index is 1510. The van der Waals surface area contributed by atoms with Gasteiger partial charge in [-0.25, -0.2) is 15.0 Å². The lowest BCUT2D eigenvalue weighted by Crippen LogP contribution is -2.03. The number of hydrogen-bond donors (Lipinski definition) is 0. The highest BCUT2D eigenvalue weighted by molar-refractivity contribution is 6.38. The van der Waals surface area contributed by atoms with Crippen LogP contribution in [0.3, 0.4) is 0 Å². The first kappa shape index (κ1) is 21.9. The summed E-state index contributed by atoms with van der Waals surface area (Å²) in [7, 11) is 0. The van der Waals surface area contributed by atoms with Gasteiger partial charge in [0.1, 0.15) is 17.2 Å². The molecule has 10 heteroatoms. The van der Waals surface area contributed by atoms with Crippen LogP contribution >= 0.6 is 46.4 Å². The minimum Gasteiger partial charge on any atom is -0.431 e. The van der Waals surface area contributed by atoms with E-state index in [0.717, 1.165) is 5.56 Å². The van der Waals surface area contributed by atoms with Crippen LogP contribution in [0.1, 0.15) is 21.7 Å². The van der Waals surface area contributed by atoms with E-state index in [2.05, 4.69) is 15.0 Å². The predicted molar refractivity (Wildman–Crippen MR) is 128 cm³/mol. The first-order valence-electron chi connectivity index (χ1n) is 9.60. The zero-order valence-corrected chi connectivity index (χ0v) is 19.6. The van der Waals surface area contributed by atoms with Gasteiger partial charge in [-0.05, 0) is 42.0 Å². The topological polar surface area (TPSA) is 73.8 Å². The Morgan fingerprint density at radius 2 is 1.76 bits per heavy atom. The molecule has 0 N–H and O–H groups in total. The summed E-state index contributed by atoms with van der Waals surface area (Å²) in [4.78, 5) is 25.6. The quantitative estimate of drug-likeness (QED) is 0.235. The molecule has 33 heavy (non-hydrogen) atoms. The van der Waals surface area contributed by atoms with E-state index < -0.39 is 5.78 Å². The first-order chi connectivity index (χ1) is 15.9. The zero-order chi connectivity index (χ0) is 23.1. The number of carbonyl (C=O) groups is 1. The van der Waals surface area contributed by atoms with Crippen molar-refractivity contribution in [3.63, 3.8) is 0 Å². The summed E-state index contributed by atoms with van der Waals surface area (Å²) in [6, 6.07) is 12.1. The number of hydrogen-bond acceptors (Lipinski definition) is 5. The molecule has 0 aliphatic rings. The predicted octanol–water partition coefficient (Wildman–Crippen LogP) is 6.98. The molecule has 0 saturated heterocycles. The lowest BCUT2D eigenvalue weighted by atomic mass is 10.1. The van der Waals surface area contributed by atoms with Gasteiger partial charge < -0.3 is 8.98 Å². The van der Waals surface area contributed by atoms with Crippen molar-refractivity contribution in [3.8, 4) is 11.6 Å². The van der Waals surface area contributed by atoms with Crippen molar-refractivity contribution < 1.29 is 9.21 Å². The molecule has 0 aliphatic carbocycles. The van der Waals surface area contributed by atoms with Crippen LogP contribution in [0.25, 0.3) is 22.5 Å². The van der Waals surface area contributed by atoms with E-state index in [0.29, 0.717) is 38.2 Å². The average molecular weight is 518 g/mol. The number of nitrogens with zero attached hydrogens (tertiary/aromatic N) is 4. The van der Waals surface area contributed by atoms with Gasteiger partial charge in [-0.15, -0.1) is 0 Å². The first-order valence-corrected chi connectivity index (χ1v) is 11.1. The molecule has 6 nitrogen and oxygen atoms in total. The Morgan fingerprint density at radius 1 is 0.970 bits per heavy atom. The van der Waals surface area contributed by atoms with Crippen LogP contribution in [-0.4, -0.2) is 25.3 Å². The SMILES string of the molecule is O=C(c1cnc(-c2ccncn2)o1)c1c(Cl)n(Cc2ccc(Cl)cc2Cl)c2ccc(Cl)cc12. The van der Waals surface area contributed by atoms with Gasteiger partial charge >= 0.3 is 0 Å². The second-order valence-corrected chi connectivity index (χ2v) is 8.74. The maximum atomic E-state index is 13.5. The number of aromatic nitrogens is 4. The highest BCUT2D eigenvalue weighted by Crippen LogP contribution is 2.35. The van der Waals surface area contributed by atoms with Gasteiger partial charge in [-0.1, -0.05) is 52.5 Å². The molecule has 0 bridgehead atoms. The third kappa shape index (κ3) is 4.11. The summed E-state index contributed by atoms with van der Waals surface area (Å²) >= 11 is 25.4. The molecule has 164 valence electrons. The highest BCUT2D eigenvalue weighted by Gasteiger charge is 2.26. The van der Waals surface area contributed by atoms with Crippen LogP contribution in [0.15, 0.2) is 65.6 Å². The Hall–Kier alpha value is -2.90. The Labute approximate surface area is 207 Å². The fourth-order valence-corrected chi connectivity index (χ4v) is 4.50. The monoisotopic (exact) mass is 516 g/mol. The smallest absolute Gasteiger partial charge is 0.245 e. The van der Waals surface area contributed by atoms with Crippen molar-refractivity contribution in [1.29, 1.82) is 0 Å². The summed E-state index contributed by atoms with van der Waals surface area (Å²) in [5.41, 5.74) is 2.22. The van der Waals surface area contributed by atoms with Gasteiger partial charge in [-0.2, -0.15) is 0 Å². The maximum absolute atomic E-state index is 13.5. The van der Waals surface area contributed by atoms with E-state index in [1.165, 1.54) is 12.5 Å². The minimum atomic E-state index is -0.430. The average Bonchev–Trinajstić information content (AvgIpc) is 3.39. The number of rotatable bonds is 5. The standard InChI is InChI=1S/C23H12Cl4N4O2/c24-13-3-4-18-15(7-13)20(22(27)31(18)10-12-1-2-14(25)8-16(12)26)21(32)19-9-29-23(33-19)17-5-6-28-11-30-17/h1-9,11H,10H2. The van der Waals surface area contributed by atoms with E-state index in [1.54, 1.807) is 47.2 Å². The summed E-state index contributed by atoms with van der Waals surface area (Å²) in [5, 5.41) is 2.30. The van der Waals surface area contributed by atoms with E-state index in [4.69, 9.17) is 50.8 Å². The van der Waals surface area contributed by atoms with E-state index in [9.17, 15) is 4.79 Å². The molecule has 2 aromatic carbocycles. The van der Waals surface area contributed by atoms with Crippen molar-refractivity contribution in [2.75, 3.05) is 0 Å². The van der Waals surface area contributed by atoms with Crippen molar-refractivity contribution in [2.24, 2.45) is 0 Å². The van der Waals surface area contributed by atoms with E-state index >= 15 is 0 Å². The molecule has 0 radical (unpaired) electrons. The molecule has 0 spiro atoms. The maximum Gasteiger partial charge on any atom is 0.245 e. The molecule has 0 aliphatic heterocycles. The fourth-order valence-electron chi connectivity index (χ4n) is 3.52. The number of oxazole rings is 1. The molecule has 0 unspecified atom stereocenters. The molecule has 5 rings (SSSR count). The summed E-state index contributed by atoms with van der Waals surface area (Å²) in [6.07, 6.45) is 4.28. The van der Waals surface area contributed by atoms with Crippen molar-refractivity contribution in [3.05, 3.63) is 98.3 Å². The number of ketones is 1. The van der Waals surface area contributed by atoms with Gasteiger partial charge in [0.25, 0.3) is 0 Å². The molecular weight excluding hydrogens is 506 g/mol. The Kier molecular flexibility index (Phi) is 5.85. The van der Waals surface area contributed by atoms with Crippen LogP contribution in [0.4, 0.5) is 0 Å². The van der Waals surface area contributed by atoms with Crippen LogP contribution in [-0.2, 0) is 6.54 Å². The third-order valence-electron chi connectivity index (χ3n) is 5.06. The lowest BCUT2D eigenvalue weighted by molar-refractivity contribution is 0.101.